The van der Waals surface area contributed by atoms with Crippen LogP contribution in [0, 0.1) is 0 Å². The molecule has 0 unspecified atom stereocenters. The predicted octanol–water partition coefficient (Wildman–Crippen LogP) is 2.37. The molecule has 0 bridgehead atoms. The van der Waals surface area contributed by atoms with E-state index in [1.807, 2.05) is 10.9 Å². The molecule has 0 saturated carbocycles. The molecule has 1 aromatic rings. The Balaban J connectivity index is 2.05. The lowest BCUT2D eigenvalue weighted by atomic mass is 10.4. The number of nitrogens with zero attached hydrogens (tertiary/aromatic N) is 2. The molecule has 0 aliphatic carbocycles. The molecule has 0 fully saturated rings. The monoisotopic (exact) mass is 239 g/mol. The molecule has 1 rings (SSSR count). The summed E-state index contributed by atoms with van der Waals surface area (Å²) in [6.45, 7) is 9.94. The van der Waals surface area contributed by atoms with Gasteiger partial charge in [-0.15, -0.1) is 0 Å². The average molecular weight is 239 g/mol. The largest absolute Gasteiger partial charge is 0.381 e. The standard InChI is InChI=1S/C13H25N3O/c1-4-9-17-10-5-7-14-11-13-6-8-16(15-13)12(2)3/h6,8,12,14H,4-5,7,9-11H2,1-3H3. The van der Waals surface area contributed by atoms with Crippen molar-refractivity contribution in [1.82, 2.24) is 15.1 Å². The lowest BCUT2D eigenvalue weighted by Gasteiger charge is -2.05. The van der Waals surface area contributed by atoms with Gasteiger partial charge in [0, 0.05) is 32.0 Å². The summed E-state index contributed by atoms with van der Waals surface area (Å²) in [6.07, 6.45) is 4.19. The van der Waals surface area contributed by atoms with Crippen LogP contribution in [0.3, 0.4) is 0 Å². The third-order valence-electron chi connectivity index (χ3n) is 2.49. The molecule has 17 heavy (non-hydrogen) atoms. The highest BCUT2D eigenvalue weighted by atomic mass is 16.5. The number of rotatable bonds is 9. The van der Waals surface area contributed by atoms with Crippen LogP contribution in [0.4, 0.5) is 0 Å². The van der Waals surface area contributed by atoms with Gasteiger partial charge in [0.2, 0.25) is 0 Å². The van der Waals surface area contributed by atoms with Gasteiger partial charge in [-0.25, -0.2) is 0 Å². The minimum atomic E-state index is 0.436. The van der Waals surface area contributed by atoms with E-state index < -0.39 is 0 Å². The Kier molecular flexibility index (Phi) is 6.89. The first kappa shape index (κ1) is 14.2. The van der Waals surface area contributed by atoms with Gasteiger partial charge in [0.15, 0.2) is 0 Å². The summed E-state index contributed by atoms with van der Waals surface area (Å²) < 4.78 is 7.40. The van der Waals surface area contributed by atoms with Crippen LogP contribution in [-0.4, -0.2) is 29.5 Å². The first-order chi connectivity index (χ1) is 8.24. The number of hydrogen-bond donors (Lipinski definition) is 1. The molecular formula is C13H25N3O. The van der Waals surface area contributed by atoms with E-state index in [2.05, 4.69) is 37.3 Å². The molecule has 1 heterocycles. The van der Waals surface area contributed by atoms with Crippen LogP contribution >= 0.6 is 0 Å². The first-order valence-electron chi connectivity index (χ1n) is 6.56. The van der Waals surface area contributed by atoms with E-state index in [0.29, 0.717) is 6.04 Å². The molecular weight excluding hydrogens is 214 g/mol. The Hall–Kier alpha value is -0.870. The molecule has 0 aliphatic rings. The van der Waals surface area contributed by atoms with Gasteiger partial charge >= 0.3 is 0 Å². The van der Waals surface area contributed by atoms with Gasteiger partial charge in [-0.05, 0) is 39.3 Å². The molecule has 4 nitrogen and oxygen atoms in total. The van der Waals surface area contributed by atoms with Gasteiger partial charge in [0.1, 0.15) is 0 Å². The Morgan fingerprint density at radius 3 is 2.88 bits per heavy atom. The summed E-state index contributed by atoms with van der Waals surface area (Å²) in [6, 6.07) is 2.51. The Morgan fingerprint density at radius 1 is 1.41 bits per heavy atom. The van der Waals surface area contributed by atoms with Crippen LogP contribution in [0.5, 0.6) is 0 Å². The zero-order valence-corrected chi connectivity index (χ0v) is 11.3. The highest BCUT2D eigenvalue weighted by Crippen LogP contribution is 2.03. The number of ether oxygens (including phenoxy) is 1. The van der Waals surface area contributed by atoms with Crippen LogP contribution < -0.4 is 5.32 Å². The molecule has 0 amide bonds. The average Bonchev–Trinajstić information content (AvgIpc) is 2.77. The third kappa shape index (κ3) is 5.84. The molecule has 1 aromatic heterocycles. The minimum Gasteiger partial charge on any atom is -0.381 e. The third-order valence-corrected chi connectivity index (χ3v) is 2.49. The molecule has 0 aliphatic heterocycles. The Bertz CT molecular complexity index is 297. The lowest BCUT2D eigenvalue weighted by molar-refractivity contribution is 0.132. The predicted molar refractivity (Wildman–Crippen MR) is 70.0 cm³/mol. The van der Waals surface area contributed by atoms with Crippen molar-refractivity contribution >= 4 is 0 Å². The van der Waals surface area contributed by atoms with Gasteiger partial charge in [-0.2, -0.15) is 5.10 Å². The highest BCUT2D eigenvalue weighted by molar-refractivity contribution is 4.98. The second-order valence-electron chi connectivity index (χ2n) is 4.52. The van der Waals surface area contributed by atoms with Gasteiger partial charge in [-0.3, -0.25) is 4.68 Å². The summed E-state index contributed by atoms with van der Waals surface area (Å²) in [5.74, 6) is 0. The van der Waals surface area contributed by atoms with Crippen LogP contribution in [-0.2, 0) is 11.3 Å². The van der Waals surface area contributed by atoms with Crippen molar-refractivity contribution in [3.8, 4) is 0 Å². The van der Waals surface area contributed by atoms with Gasteiger partial charge in [0.25, 0.3) is 0 Å². The second-order valence-corrected chi connectivity index (χ2v) is 4.52. The van der Waals surface area contributed by atoms with Gasteiger partial charge in [0.05, 0.1) is 5.69 Å². The van der Waals surface area contributed by atoms with Crippen LogP contribution in [0.1, 0.15) is 45.3 Å². The van der Waals surface area contributed by atoms with Crippen molar-refractivity contribution in [2.24, 2.45) is 0 Å². The first-order valence-corrected chi connectivity index (χ1v) is 6.56. The van der Waals surface area contributed by atoms with Crippen LogP contribution in [0.15, 0.2) is 12.3 Å². The zero-order chi connectivity index (χ0) is 12.5. The van der Waals surface area contributed by atoms with Crippen molar-refractivity contribution in [3.63, 3.8) is 0 Å². The lowest BCUT2D eigenvalue weighted by Crippen LogP contribution is -2.17. The minimum absolute atomic E-state index is 0.436. The molecule has 0 saturated heterocycles. The summed E-state index contributed by atoms with van der Waals surface area (Å²) in [5, 5.41) is 7.85. The quantitative estimate of drug-likeness (QED) is 0.672. The van der Waals surface area contributed by atoms with Crippen molar-refractivity contribution in [2.75, 3.05) is 19.8 Å². The summed E-state index contributed by atoms with van der Waals surface area (Å²) in [7, 11) is 0. The van der Waals surface area contributed by atoms with E-state index in [4.69, 9.17) is 4.74 Å². The highest BCUT2D eigenvalue weighted by Gasteiger charge is 2.00. The van der Waals surface area contributed by atoms with Gasteiger partial charge < -0.3 is 10.1 Å². The number of aromatic nitrogens is 2. The van der Waals surface area contributed by atoms with E-state index >= 15 is 0 Å². The fourth-order valence-electron chi connectivity index (χ4n) is 1.52. The summed E-state index contributed by atoms with van der Waals surface area (Å²) in [5.41, 5.74) is 1.10. The Labute approximate surface area is 104 Å². The summed E-state index contributed by atoms with van der Waals surface area (Å²) >= 11 is 0. The maximum atomic E-state index is 5.41. The van der Waals surface area contributed by atoms with Crippen LogP contribution in [0.25, 0.3) is 0 Å². The van der Waals surface area contributed by atoms with Crippen molar-refractivity contribution in [2.45, 2.75) is 46.2 Å². The molecule has 0 atom stereocenters. The van der Waals surface area contributed by atoms with Gasteiger partial charge in [-0.1, -0.05) is 6.92 Å². The molecule has 98 valence electrons. The van der Waals surface area contributed by atoms with E-state index in [0.717, 1.165) is 44.8 Å². The van der Waals surface area contributed by atoms with E-state index in [1.54, 1.807) is 0 Å². The number of hydrogen-bond acceptors (Lipinski definition) is 3. The fraction of sp³-hybridized carbons (Fsp3) is 0.769. The van der Waals surface area contributed by atoms with E-state index in [1.165, 1.54) is 0 Å². The second kappa shape index (κ2) is 8.25. The van der Waals surface area contributed by atoms with Crippen molar-refractivity contribution < 1.29 is 4.74 Å². The SMILES string of the molecule is CCCOCCCNCc1ccn(C(C)C)n1. The fourth-order valence-corrected chi connectivity index (χ4v) is 1.52. The van der Waals surface area contributed by atoms with Crippen LogP contribution in [0.2, 0.25) is 0 Å². The molecule has 4 heteroatoms. The van der Waals surface area contributed by atoms with E-state index in [-0.39, 0.29) is 0 Å². The molecule has 0 radical (unpaired) electrons. The maximum Gasteiger partial charge on any atom is 0.0762 e. The Morgan fingerprint density at radius 2 is 2.24 bits per heavy atom. The molecule has 0 spiro atoms. The van der Waals surface area contributed by atoms with Crippen molar-refractivity contribution in [3.05, 3.63) is 18.0 Å². The summed E-state index contributed by atoms with van der Waals surface area (Å²) in [4.78, 5) is 0. The normalized spacial score (nSPS) is 11.3. The number of nitrogens with one attached hydrogen (secondary N) is 1. The molecule has 1 N–H and O–H groups in total. The smallest absolute Gasteiger partial charge is 0.0762 e. The molecule has 0 aromatic carbocycles. The van der Waals surface area contributed by atoms with Crippen molar-refractivity contribution in [1.29, 1.82) is 0 Å². The van der Waals surface area contributed by atoms with E-state index in [9.17, 15) is 0 Å². The topological polar surface area (TPSA) is 39.1 Å². The maximum absolute atomic E-state index is 5.41. The zero-order valence-electron chi connectivity index (χ0n) is 11.3.